The van der Waals surface area contributed by atoms with Crippen LogP contribution in [0.5, 0.6) is 0 Å². The highest BCUT2D eigenvalue weighted by molar-refractivity contribution is 5.92. The summed E-state index contributed by atoms with van der Waals surface area (Å²) in [5.41, 5.74) is 2.55. The van der Waals surface area contributed by atoms with E-state index in [-0.39, 0.29) is 22.6 Å². The first kappa shape index (κ1) is 19.0. The number of carbonyl (C=O) groups is 2. The molecule has 0 saturated heterocycles. The molecule has 0 heterocycles. The molecule has 4 atom stereocenters. The van der Waals surface area contributed by atoms with Crippen molar-refractivity contribution in [3.05, 3.63) is 23.3 Å². The SMILES string of the molecule is COC(=O)/C=C(\C)CC[C@]1(C)[C@H]2CC(=O)C=C(C)[C@]2(C)CC[C@@H]1C. The van der Waals surface area contributed by atoms with Gasteiger partial charge < -0.3 is 4.74 Å². The van der Waals surface area contributed by atoms with Crippen molar-refractivity contribution in [2.45, 2.75) is 66.7 Å². The minimum absolute atomic E-state index is 0.114. The van der Waals surface area contributed by atoms with Crippen LogP contribution in [-0.4, -0.2) is 18.9 Å². The molecular formula is C21H32O3. The number of hydrogen-bond donors (Lipinski definition) is 0. The standard InChI is InChI=1S/C21H32O3/c1-14(11-19(23)24-6)7-9-20(4)15(2)8-10-21(5)16(3)12-17(22)13-18(20)21/h11-12,15,18H,7-10,13H2,1-6H3/b14-11+/t15-,18+,20-,21-/m0/s1. The molecule has 0 spiro atoms. The van der Waals surface area contributed by atoms with Gasteiger partial charge in [0.05, 0.1) is 7.11 Å². The highest BCUT2D eigenvalue weighted by Gasteiger charge is 2.54. The predicted molar refractivity (Wildman–Crippen MR) is 96.5 cm³/mol. The third kappa shape index (κ3) is 3.36. The summed E-state index contributed by atoms with van der Waals surface area (Å²) in [6.45, 7) is 11.2. The zero-order valence-electron chi connectivity index (χ0n) is 16.1. The van der Waals surface area contributed by atoms with E-state index >= 15 is 0 Å². The van der Waals surface area contributed by atoms with Crippen molar-refractivity contribution in [2.24, 2.45) is 22.7 Å². The lowest BCUT2D eigenvalue weighted by atomic mass is 9.47. The van der Waals surface area contributed by atoms with Crippen LogP contribution in [0.1, 0.15) is 66.7 Å². The van der Waals surface area contributed by atoms with Crippen molar-refractivity contribution >= 4 is 11.8 Å². The average molecular weight is 332 g/mol. The van der Waals surface area contributed by atoms with Crippen molar-refractivity contribution in [3.8, 4) is 0 Å². The van der Waals surface area contributed by atoms with Gasteiger partial charge in [-0.3, -0.25) is 4.79 Å². The van der Waals surface area contributed by atoms with E-state index in [1.54, 1.807) is 6.08 Å². The van der Waals surface area contributed by atoms with Gasteiger partial charge in [0, 0.05) is 12.5 Å². The van der Waals surface area contributed by atoms with Crippen LogP contribution < -0.4 is 0 Å². The smallest absolute Gasteiger partial charge is 0.330 e. The number of fused-ring (bicyclic) bond motifs is 1. The first-order valence-corrected chi connectivity index (χ1v) is 9.10. The minimum atomic E-state index is -0.286. The molecule has 3 heteroatoms. The highest BCUT2D eigenvalue weighted by atomic mass is 16.5. The summed E-state index contributed by atoms with van der Waals surface area (Å²) in [6, 6.07) is 0. The van der Waals surface area contributed by atoms with Gasteiger partial charge in [-0.2, -0.15) is 0 Å². The third-order valence-electron chi connectivity index (χ3n) is 7.09. The normalized spacial score (nSPS) is 36.8. The zero-order chi connectivity index (χ0) is 18.1. The number of hydrogen-bond acceptors (Lipinski definition) is 3. The highest BCUT2D eigenvalue weighted by Crippen LogP contribution is 2.61. The van der Waals surface area contributed by atoms with Crippen LogP contribution in [0.4, 0.5) is 0 Å². The Labute approximate surface area is 146 Å². The molecule has 134 valence electrons. The van der Waals surface area contributed by atoms with Crippen molar-refractivity contribution in [3.63, 3.8) is 0 Å². The first-order valence-electron chi connectivity index (χ1n) is 9.10. The van der Waals surface area contributed by atoms with E-state index in [1.165, 1.54) is 25.5 Å². The van der Waals surface area contributed by atoms with E-state index in [0.717, 1.165) is 18.4 Å². The van der Waals surface area contributed by atoms with Crippen LogP contribution in [0, 0.1) is 22.7 Å². The molecule has 0 aliphatic heterocycles. The summed E-state index contributed by atoms with van der Waals surface area (Å²) >= 11 is 0. The summed E-state index contributed by atoms with van der Waals surface area (Å²) in [5.74, 6) is 0.959. The van der Waals surface area contributed by atoms with E-state index in [1.807, 2.05) is 13.0 Å². The number of rotatable bonds is 4. The maximum atomic E-state index is 12.2. The number of methoxy groups -OCH3 is 1. The molecule has 1 saturated carbocycles. The fourth-order valence-corrected chi connectivity index (χ4v) is 4.91. The monoisotopic (exact) mass is 332 g/mol. The third-order valence-corrected chi connectivity index (χ3v) is 7.09. The Bertz CT molecular complexity index is 586. The Kier molecular flexibility index (Phi) is 5.41. The predicted octanol–water partition coefficient (Wildman–Crippen LogP) is 4.86. The molecule has 2 aliphatic carbocycles. The van der Waals surface area contributed by atoms with E-state index < -0.39 is 0 Å². The summed E-state index contributed by atoms with van der Waals surface area (Å²) < 4.78 is 4.72. The maximum absolute atomic E-state index is 12.2. The summed E-state index contributed by atoms with van der Waals surface area (Å²) in [6.07, 6.45) is 8.37. The average Bonchev–Trinajstić information content (AvgIpc) is 2.52. The second kappa shape index (κ2) is 6.85. The van der Waals surface area contributed by atoms with Crippen LogP contribution in [-0.2, 0) is 14.3 Å². The van der Waals surface area contributed by atoms with E-state index in [2.05, 4.69) is 27.7 Å². The maximum Gasteiger partial charge on any atom is 0.330 e. The summed E-state index contributed by atoms with van der Waals surface area (Å²) in [4.78, 5) is 23.7. The molecule has 0 N–H and O–H groups in total. The molecule has 24 heavy (non-hydrogen) atoms. The van der Waals surface area contributed by atoms with Crippen LogP contribution in [0.3, 0.4) is 0 Å². The summed E-state index contributed by atoms with van der Waals surface area (Å²) in [5, 5.41) is 0. The molecule has 0 amide bonds. The first-order chi connectivity index (χ1) is 11.1. The quantitative estimate of drug-likeness (QED) is 0.545. The van der Waals surface area contributed by atoms with Gasteiger partial charge >= 0.3 is 5.97 Å². The Morgan fingerprint density at radius 3 is 2.71 bits per heavy atom. The van der Waals surface area contributed by atoms with Gasteiger partial charge in [-0.25, -0.2) is 4.79 Å². The van der Waals surface area contributed by atoms with Gasteiger partial charge in [-0.1, -0.05) is 31.9 Å². The lowest BCUT2D eigenvalue weighted by Gasteiger charge is -2.57. The Balaban J connectivity index is 2.25. The van der Waals surface area contributed by atoms with Crippen LogP contribution >= 0.6 is 0 Å². The van der Waals surface area contributed by atoms with Gasteiger partial charge in [0.15, 0.2) is 5.78 Å². The molecule has 2 aliphatic rings. The van der Waals surface area contributed by atoms with Gasteiger partial charge in [0.2, 0.25) is 0 Å². The van der Waals surface area contributed by atoms with E-state index in [9.17, 15) is 9.59 Å². The Morgan fingerprint density at radius 2 is 2.08 bits per heavy atom. The molecule has 0 radical (unpaired) electrons. The van der Waals surface area contributed by atoms with E-state index in [0.29, 0.717) is 18.3 Å². The van der Waals surface area contributed by atoms with Crippen LogP contribution in [0.2, 0.25) is 0 Å². The molecule has 0 bridgehead atoms. The molecule has 0 unspecified atom stereocenters. The largest absolute Gasteiger partial charge is 0.466 e. The minimum Gasteiger partial charge on any atom is -0.466 e. The van der Waals surface area contributed by atoms with Crippen LogP contribution in [0.25, 0.3) is 0 Å². The molecule has 0 aromatic rings. The van der Waals surface area contributed by atoms with Gasteiger partial charge in [-0.05, 0) is 68.3 Å². The van der Waals surface area contributed by atoms with Crippen molar-refractivity contribution in [1.29, 1.82) is 0 Å². The summed E-state index contributed by atoms with van der Waals surface area (Å²) in [7, 11) is 1.41. The van der Waals surface area contributed by atoms with Crippen molar-refractivity contribution in [1.82, 2.24) is 0 Å². The molecule has 3 nitrogen and oxygen atoms in total. The number of allylic oxidation sites excluding steroid dienone is 3. The molecule has 0 aromatic heterocycles. The number of ether oxygens (including phenoxy) is 1. The Hall–Kier alpha value is -1.38. The lowest BCUT2D eigenvalue weighted by Crippen LogP contribution is -2.50. The second-order valence-electron chi connectivity index (χ2n) is 8.43. The number of ketones is 1. The lowest BCUT2D eigenvalue weighted by molar-refractivity contribution is -0.134. The van der Waals surface area contributed by atoms with Gasteiger partial charge in [0.1, 0.15) is 0 Å². The Morgan fingerprint density at radius 1 is 1.42 bits per heavy atom. The van der Waals surface area contributed by atoms with Crippen molar-refractivity contribution < 1.29 is 14.3 Å². The van der Waals surface area contributed by atoms with E-state index in [4.69, 9.17) is 4.74 Å². The second-order valence-corrected chi connectivity index (χ2v) is 8.43. The topological polar surface area (TPSA) is 43.4 Å². The molecule has 0 aromatic carbocycles. The van der Waals surface area contributed by atoms with Gasteiger partial charge in [0.25, 0.3) is 0 Å². The van der Waals surface area contributed by atoms with Gasteiger partial charge in [-0.15, -0.1) is 0 Å². The molecular weight excluding hydrogens is 300 g/mol. The van der Waals surface area contributed by atoms with Crippen molar-refractivity contribution in [2.75, 3.05) is 7.11 Å². The number of carbonyl (C=O) groups excluding carboxylic acids is 2. The number of esters is 1. The zero-order valence-corrected chi connectivity index (χ0v) is 16.1. The fraction of sp³-hybridized carbons (Fsp3) is 0.714. The fourth-order valence-electron chi connectivity index (χ4n) is 4.91. The molecule has 2 rings (SSSR count). The van der Waals surface area contributed by atoms with Crippen LogP contribution in [0.15, 0.2) is 23.3 Å². The molecule has 1 fully saturated rings.